The number of hydrogen-bond donors (Lipinski definition) is 0. The van der Waals surface area contributed by atoms with E-state index in [0.717, 1.165) is 44.4 Å². The van der Waals surface area contributed by atoms with Crippen molar-refractivity contribution in [2.75, 3.05) is 0 Å². The Morgan fingerprint density at radius 3 is 0.565 bits per heavy atom. The van der Waals surface area contributed by atoms with Crippen molar-refractivity contribution in [1.82, 2.24) is 0 Å². The molecule has 0 saturated carbocycles. The van der Waals surface area contributed by atoms with Gasteiger partial charge in [0.2, 0.25) is 0 Å². The monoisotopic (exact) mass is 1080 g/mol. The maximum Gasteiger partial charge on any atom is 0.0414 e. The van der Waals surface area contributed by atoms with Gasteiger partial charge in [-0.2, -0.15) is 0 Å². The number of carbonyl (C=O) groups excluding carboxylic acids is 3. The third-order valence-electron chi connectivity index (χ3n) is 13.8. The summed E-state index contributed by atoms with van der Waals surface area (Å²) in [6.07, 6.45) is 65.2. The van der Waals surface area contributed by atoms with Crippen molar-refractivity contribution in [3.8, 4) is 0 Å². The fraction of sp³-hybridized carbons (Fsp3) is 0.952. The molecular weight excluding hydrogens is 959 g/mol. The van der Waals surface area contributed by atoms with Crippen LogP contribution in [0, 0.1) is 5.92 Å². The Hall–Kier alpha value is -0.791. The van der Waals surface area contributed by atoms with Gasteiger partial charge in [-0.25, -0.2) is 0 Å². The molecule has 0 heterocycles. The first-order valence-corrected chi connectivity index (χ1v) is 32.9. The molecule has 0 aliphatic rings. The van der Waals surface area contributed by atoms with E-state index in [1.807, 2.05) is 0 Å². The van der Waals surface area contributed by atoms with Gasteiger partial charge in [-0.3, -0.25) is 0 Å². The van der Waals surface area contributed by atoms with Crippen LogP contribution in [0.3, 0.4) is 0 Å². The zero-order valence-electron chi connectivity index (χ0n) is 47.5. The summed E-state index contributed by atoms with van der Waals surface area (Å²) >= 11 is 1.71. The largest absolute Gasteiger partial charge is 0.550 e. The fourth-order valence-corrected chi connectivity index (χ4v) is 10.3. The number of carbonyl (C=O) groups is 3. The quantitative estimate of drug-likeness (QED) is 0.0442. The molecule has 0 bridgehead atoms. The van der Waals surface area contributed by atoms with Gasteiger partial charge < -0.3 is 29.7 Å². The van der Waals surface area contributed by atoms with Crippen molar-refractivity contribution in [2.45, 2.75) is 373 Å². The predicted octanol–water partition coefficient (Wildman–Crippen LogP) is 17.8. The number of hydrogen-bond acceptors (Lipinski definition) is 6. The van der Waals surface area contributed by atoms with Crippen molar-refractivity contribution < 1.29 is 29.7 Å². The van der Waals surface area contributed by atoms with E-state index in [1.54, 1.807) is 22.5 Å². The molecule has 0 aliphatic carbocycles. The molecule has 0 aromatic heterocycles. The van der Waals surface area contributed by atoms with E-state index in [2.05, 4.69) is 34.6 Å². The van der Waals surface area contributed by atoms with Crippen LogP contribution in [0.15, 0.2) is 0 Å². The van der Waals surface area contributed by atoms with Crippen molar-refractivity contribution in [3.63, 3.8) is 0 Å². The van der Waals surface area contributed by atoms with Crippen LogP contribution in [0.1, 0.15) is 369 Å². The Balaban J connectivity index is -0.000000421. The van der Waals surface area contributed by atoms with Crippen LogP contribution in [0.25, 0.3) is 0 Å². The number of unbranched alkanes of at least 4 members (excludes halogenated alkanes) is 43. The standard InChI is InChI=1S/3C18H36O2.C8H17.Sn/c3*1-2-3-4-5-6-7-8-9-10-11-12-13-14-15-16-17-18(19)20;1-4-6-7-8(3)5-2;/h3*2-17H2,1H3,(H,19,20);8H,3-7H2,1-2H3;/q;;;;+3/p-3. The number of carboxylic acid groups (broad SMARTS) is 3. The second-order valence-electron chi connectivity index (χ2n) is 20.8. The summed E-state index contributed by atoms with van der Waals surface area (Å²) in [6, 6.07) is 0. The zero-order valence-corrected chi connectivity index (χ0v) is 50.4. The molecule has 0 saturated heterocycles. The zero-order chi connectivity index (χ0) is 51.8. The molecule has 0 N–H and O–H groups in total. The van der Waals surface area contributed by atoms with Gasteiger partial charge in [0.15, 0.2) is 0 Å². The summed E-state index contributed by atoms with van der Waals surface area (Å²) in [5.41, 5.74) is 0. The average Bonchev–Trinajstić information content (AvgIpc) is 3.33. The molecule has 0 spiro atoms. The second-order valence-corrected chi connectivity index (χ2v) is 22.0. The van der Waals surface area contributed by atoms with E-state index in [1.165, 1.54) is 281 Å². The van der Waals surface area contributed by atoms with Gasteiger partial charge in [0.05, 0.1) is 0 Å². The van der Waals surface area contributed by atoms with Crippen molar-refractivity contribution in [1.29, 1.82) is 0 Å². The van der Waals surface area contributed by atoms with Gasteiger partial charge in [0, 0.05) is 17.9 Å². The Kier molecular flexibility index (Phi) is 77.4. The van der Waals surface area contributed by atoms with Crippen LogP contribution in [0.4, 0.5) is 0 Å². The Bertz CT molecular complexity index is 835. The van der Waals surface area contributed by atoms with Crippen LogP contribution < -0.4 is 15.3 Å². The maximum absolute atomic E-state index is 10.2. The number of carboxylic acids is 3. The van der Waals surface area contributed by atoms with Crippen molar-refractivity contribution >= 4 is 40.4 Å². The normalized spacial score (nSPS) is 11.2. The van der Waals surface area contributed by atoms with Crippen LogP contribution in [0.5, 0.6) is 0 Å². The van der Waals surface area contributed by atoms with Gasteiger partial charge in [-0.05, 0) is 38.5 Å². The van der Waals surface area contributed by atoms with Gasteiger partial charge in [-0.15, -0.1) is 0 Å². The van der Waals surface area contributed by atoms with Gasteiger partial charge in [0.1, 0.15) is 0 Å². The molecule has 410 valence electrons. The minimum Gasteiger partial charge on any atom is -0.550 e. The Morgan fingerprint density at radius 2 is 0.435 bits per heavy atom. The molecule has 6 nitrogen and oxygen atoms in total. The van der Waals surface area contributed by atoms with Crippen LogP contribution in [0.2, 0.25) is 4.44 Å². The molecule has 69 heavy (non-hydrogen) atoms. The molecule has 7 heteroatoms. The Labute approximate surface area is 446 Å². The van der Waals surface area contributed by atoms with Crippen LogP contribution in [-0.4, -0.2) is 40.4 Å². The number of aliphatic carboxylic acids is 3. The number of rotatable bonds is 53. The first-order chi connectivity index (χ1) is 33.7. The molecule has 0 aromatic rings. The molecule has 1 unspecified atom stereocenters. The summed E-state index contributed by atoms with van der Waals surface area (Å²) in [4.78, 5) is 30.7. The maximum atomic E-state index is 10.2. The van der Waals surface area contributed by atoms with E-state index in [9.17, 15) is 29.7 Å². The summed E-state index contributed by atoms with van der Waals surface area (Å²) in [7, 11) is 0. The predicted molar refractivity (Wildman–Crippen MR) is 298 cm³/mol. The minimum absolute atomic E-state index is 0.234. The summed E-state index contributed by atoms with van der Waals surface area (Å²) < 4.78 is 1.46. The molecule has 0 rings (SSSR count). The average molecular weight is 1080 g/mol. The van der Waals surface area contributed by atoms with E-state index < -0.39 is 17.9 Å². The van der Waals surface area contributed by atoms with Gasteiger partial charge in [0.25, 0.3) is 0 Å². The molecule has 0 radical (unpaired) electrons. The summed E-state index contributed by atoms with van der Waals surface area (Å²) in [5.74, 6) is -1.66. The van der Waals surface area contributed by atoms with E-state index in [-0.39, 0.29) is 19.3 Å². The first-order valence-electron chi connectivity index (χ1n) is 30.9. The smallest absolute Gasteiger partial charge is 0.0414 e. The van der Waals surface area contributed by atoms with E-state index >= 15 is 0 Å². The molecule has 0 amide bonds. The summed E-state index contributed by atoms with van der Waals surface area (Å²) in [6.45, 7) is 11.4. The third kappa shape index (κ3) is 84.3. The van der Waals surface area contributed by atoms with Gasteiger partial charge in [-0.1, -0.05) is 290 Å². The molecule has 0 aliphatic heterocycles. The summed E-state index contributed by atoms with van der Waals surface area (Å²) in [5, 5.41) is 30.7. The first kappa shape index (κ1) is 74.7. The molecular formula is C62H122O6Sn. The van der Waals surface area contributed by atoms with E-state index in [0.29, 0.717) is 0 Å². The third-order valence-corrected chi connectivity index (χ3v) is 15.4. The topological polar surface area (TPSA) is 120 Å². The molecule has 0 aromatic carbocycles. The van der Waals surface area contributed by atoms with Crippen molar-refractivity contribution in [3.05, 3.63) is 0 Å². The van der Waals surface area contributed by atoms with E-state index in [4.69, 9.17) is 0 Å². The fourth-order valence-electron chi connectivity index (χ4n) is 8.87. The Morgan fingerprint density at radius 1 is 0.275 bits per heavy atom. The molecule has 0 fully saturated rings. The minimum atomic E-state index is -0.903. The SMILES string of the molecule is CCCCC(CC)[CH2][Sn+3].CCCCCCCCCCCCCCCCCC(=O)[O-].CCCCCCCCCCCCCCCCCC(=O)[O-].CCCCCCCCCCCCCCCCCC(=O)[O-]. The van der Waals surface area contributed by atoms with Crippen molar-refractivity contribution in [2.24, 2.45) is 5.92 Å². The van der Waals surface area contributed by atoms with Crippen LogP contribution in [-0.2, 0) is 14.4 Å². The molecule has 1 atom stereocenters. The second kappa shape index (κ2) is 71.5. The van der Waals surface area contributed by atoms with Crippen LogP contribution >= 0.6 is 0 Å². The van der Waals surface area contributed by atoms with Gasteiger partial charge >= 0.3 is 72.4 Å².